The summed E-state index contributed by atoms with van der Waals surface area (Å²) in [4.78, 5) is 16.3. The fraction of sp³-hybridized carbons (Fsp3) is 0.143. The lowest BCUT2D eigenvalue weighted by molar-refractivity contribution is -0.111. The summed E-state index contributed by atoms with van der Waals surface area (Å²) in [6, 6.07) is 21.0. The van der Waals surface area contributed by atoms with Crippen LogP contribution in [0.25, 0.3) is 6.08 Å². The van der Waals surface area contributed by atoms with Crippen molar-refractivity contribution < 1.29 is 9.53 Å². The Morgan fingerprint density at radius 1 is 1.09 bits per heavy atom. The van der Waals surface area contributed by atoms with Crippen LogP contribution < -0.4 is 5.32 Å². The molecule has 0 spiro atoms. The van der Waals surface area contributed by atoms with Gasteiger partial charge in [-0.2, -0.15) is 0 Å². The molecule has 0 fully saturated rings. The number of hydrogen-bond acceptors (Lipinski definition) is 3. The number of carbonyl (C=O) groups excluding carboxylic acids is 1. The van der Waals surface area contributed by atoms with Gasteiger partial charge in [0.1, 0.15) is 6.10 Å². The van der Waals surface area contributed by atoms with Crippen molar-refractivity contribution in [3.63, 3.8) is 0 Å². The van der Waals surface area contributed by atoms with Gasteiger partial charge in [-0.05, 0) is 48.4 Å². The number of rotatable bonds is 9. The van der Waals surface area contributed by atoms with E-state index in [0.29, 0.717) is 23.2 Å². The van der Waals surface area contributed by atoms with E-state index in [9.17, 15) is 4.79 Å². The van der Waals surface area contributed by atoms with Gasteiger partial charge in [-0.3, -0.25) is 4.79 Å². The highest BCUT2D eigenvalue weighted by Gasteiger charge is 2.17. The maximum atomic E-state index is 12.2. The molecule has 7 heteroatoms. The van der Waals surface area contributed by atoms with Crippen LogP contribution >= 0.6 is 23.2 Å². The van der Waals surface area contributed by atoms with Crippen LogP contribution in [0.15, 0.2) is 91.5 Å². The molecule has 0 aliphatic carbocycles. The zero-order valence-electron chi connectivity index (χ0n) is 19.2. The van der Waals surface area contributed by atoms with Crippen LogP contribution in [0.1, 0.15) is 28.4 Å². The van der Waals surface area contributed by atoms with Gasteiger partial charge in [-0.15, -0.1) is 0 Å². The van der Waals surface area contributed by atoms with E-state index in [1.54, 1.807) is 24.7 Å². The number of hydrogen-bond donors (Lipinski definition) is 1. The number of amides is 1. The van der Waals surface area contributed by atoms with Gasteiger partial charge in [-0.1, -0.05) is 71.2 Å². The predicted molar refractivity (Wildman–Crippen MR) is 142 cm³/mol. The minimum Gasteiger partial charge on any atom is -0.367 e. The van der Waals surface area contributed by atoms with Gasteiger partial charge >= 0.3 is 0 Å². The van der Waals surface area contributed by atoms with E-state index in [-0.39, 0.29) is 12.0 Å². The fourth-order valence-corrected chi connectivity index (χ4v) is 4.03. The van der Waals surface area contributed by atoms with Crippen molar-refractivity contribution in [3.05, 3.63) is 124 Å². The average Bonchev–Trinajstić information content (AvgIpc) is 3.36. The summed E-state index contributed by atoms with van der Waals surface area (Å²) in [5, 5.41) is 4.00. The van der Waals surface area contributed by atoms with Gasteiger partial charge in [0.2, 0.25) is 5.91 Å². The lowest BCUT2D eigenvalue weighted by Gasteiger charge is -2.20. The van der Waals surface area contributed by atoms with Crippen LogP contribution in [0.5, 0.6) is 0 Å². The van der Waals surface area contributed by atoms with E-state index in [2.05, 4.69) is 10.3 Å². The van der Waals surface area contributed by atoms with Gasteiger partial charge in [0, 0.05) is 39.8 Å². The number of benzene rings is 3. The molecule has 0 saturated heterocycles. The maximum Gasteiger partial charge on any atom is 0.248 e. The topological polar surface area (TPSA) is 56.1 Å². The Morgan fingerprint density at radius 3 is 2.54 bits per heavy atom. The van der Waals surface area contributed by atoms with Gasteiger partial charge in [0.15, 0.2) is 0 Å². The average molecular weight is 506 g/mol. The van der Waals surface area contributed by atoms with Crippen molar-refractivity contribution in [2.24, 2.45) is 0 Å². The Bertz CT molecular complexity index is 1290. The molecule has 35 heavy (non-hydrogen) atoms. The molecule has 1 heterocycles. The van der Waals surface area contributed by atoms with Crippen molar-refractivity contribution in [2.75, 3.05) is 5.32 Å². The Morgan fingerprint density at radius 2 is 1.86 bits per heavy atom. The summed E-state index contributed by atoms with van der Waals surface area (Å²) < 4.78 is 8.21. The summed E-state index contributed by atoms with van der Waals surface area (Å²) in [5.41, 5.74) is 4.70. The number of nitrogens with zero attached hydrogens (tertiary/aromatic N) is 2. The standard InChI is InChI=1S/C28H25Cl2N3O2/c1-20-2-10-24(11-3-20)32-28(34)13-8-21-4-6-22(7-5-21)18-35-27(17-33-15-14-31-19-33)25-12-9-23(29)16-26(25)30/h2-16,19,27H,17-18H2,1H3,(H,32,34)/b13-8+. The monoisotopic (exact) mass is 505 g/mol. The molecule has 1 amide bonds. The zero-order valence-corrected chi connectivity index (χ0v) is 20.7. The summed E-state index contributed by atoms with van der Waals surface area (Å²) in [6.45, 7) is 2.97. The molecule has 4 rings (SSSR count). The summed E-state index contributed by atoms with van der Waals surface area (Å²) >= 11 is 12.5. The first-order valence-corrected chi connectivity index (χ1v) is 11.9. The quantitative estimate of drug-likeness (QED) is 0.246. The van der Waals surface area contributed by atoms with Crippen molar-refractivity contribution in [1.82, 2.24) is 9.55 Å². The Hall–Kier alpha value is -3.38. The summed E-state index contributed by atoms with van der Waals surface area (Å²) in [5.74, 6) is -0.177. The van der Waals surface area contributed by atoms with E-state index in [1.807, 2.05) is 78.4 Å². The second kappa shape index (κ2) is 11.8. The number of aromatic nitrogens is 2. The molecule has 0 radical (unpaired) electrons. The molecule has 0 aliphatic rings. The second-order valence-corrected chi connectivity index (χ2v) is 9.00. The number of ether oxygens (including phenoxy) is 1. The SMILES string of the molecule is Cc1ccc(NC(=O)/C=C/c2ccc(COC(Cn3ccnc3)c3ccc(Cl)cc3Cl)cc2)cc1. The Labute approximate surface area is 215 Å². The number of imidazole rings is 1. The van der Waals surface area contributed by atoms with Crippen molar-refractivity contribution in [1.29, 1.82) is 0 Å². The molecular weight excluding hydrogens is 481 g/mol. The van der Waals surface area contributed by atoms with Crippen molar-refractivity contribution in [3.8, 4) is 0 Å². The minimum atomic E-state index is -0.279. The first-order valence-electron chi connectivity index (χ1n) is 11.1. The molecule has 3 aromatic carbocycles. The van der Waals surface area contributed by atoms with E-state index in [0.717, 1.165) is 27.9 Å². The highest BCUT2D eigenvalue weighted by Crippen LogP contribution is 2.30. The first-order chi connectivity index (χ1) is 17.0. The van der Waals surface area contributed by atoms with Crippen LogP contribution in [0, 0.1) is 6.92 Å². The predicted octanol–water partition coefficient (Wildman–Crippen LogP) is 7.11. The largest absolute Gasteiger partial charge is 0.367 e. The molecular formula is C28H25Cl2N3O2. The highest BCUT2D eigenvalue weighted by molar-refractivity contribution is 6.35. The second-order valence-electron chi connectivity index (χ2n) is 8.16. The van der Waals surface area contributed by atoms with E-state index in [4.69, 9.17) is 27.9 Å². The lowest BCUT2D eigenvalue weighted by atomic mass is 10.1. The molecule has 0 saturated carbocycles. The number of aryl methyl sites for hydroxylation is 1. The summed E-state index contributed by atoms with van der Waals surface area (Å²) in [7, 11) is 0. The molecule has 1 unspecified atom stereocenters. The van der Waals surface area contributed by atoms with Crippen LogP contribution in [0.3, 0.4) is 0 Å². The smallest absolute Gasteiger partial charge is 0.248 e. The molecule has 178 valence electrons. The molecule has 1 aromatic heterocycles. The highest BCUT2D eigenvalue weighted by atomic mass is 35.5. The molecule has 5 nitrogen and oxygen atoms in total. The van der Waals surface area contributed by atoms with Gasteiger partial charge in [0.25, 0.3) is 0 Å². The third kappa shape index (κ3) is 7.30. The first kappa shape index (κ1) is 24.7. The summed E-state index contributed by atoms with van der Waals surface area (Å²) in [6.07, 6.45) is 8.39. The fourth-order valence-electron chi connectivity index (χ4n) is 3.50. The number of nitrogens with one attached hydrogen (secondary N) is 1. The van der Waals surface area contributed by atoms with Crippen LogP contribution in [0.4, 0.5) is 5.69 Å². The van der Waals surface area contributed by atoms with Crippen LogP contribution in [0.2, 0.25) is 10.0 Å². The van der Waals surface area contributed by atoms with E-state index >= 15 is 0 Å². The van der Waals surface area contributed by atoms with Crippen LogP contribution in [-0.2, 0) is 22.7 Å². The minimum absolute atomic E-state index is 0.177. The third-order valence-electron chi connectivity index (χ3n) is 5.42. The number of anilines is 1. The Balaban J connectivity index is 1.37. The van der Waals surface area contributed by atoms with Crippen molar-refractivity contribution >= 4 is 40.9 Å². The van der Waals surface area contributed by atoms with E-state index in [1.165, 1.54) is 6.08 Å². The van der Waals surface area contributed by atoms with Gasteiger partial charge in [-0.25, -0.2) is 4.98 Å². The van der Waals surface area contributed by atoms with Gasteiger partial charge in [0.05, 0.1) is 19.5 Å². The lowest BCUT2D eigenvalue weighted by Crippen LogP contribution is -2.12. The molecule has 4 aromatic rings. The normalized spacial score (nSPS) is 12.1. The molecule has 0 aliphatic heterocycles. The Kier molecular flexibility index (Phi) is 8.37. The third-order valence-corrected chi connectivity index (χ3v) is 5.98. The number of halogens is 2. The molecule has 1 N–H and O–H groups in total. The number of carbonyl (C=O) groups is 1. The maximum absolute atomic E-state index is 12.2. The van der Waals surface area contributed by atoms with E-state index < -0.39 is 0 Å². The zero-order chi connectivity index (χ0) is 24.6. The molecule has 0 bridgehead atoms. The molecule has 1 atom stereocenters. The van der Waals surface area contributed by atoms with Crippen LogP contribution in [-0.4, -0.2) is 15.5 Å². The van der Waals surface area contributed by atoms with Gasteiger partial charge < -0.3 is 14.6 Å². The van der Waals surface area contributed by atoms with Crippen molar-refractivity contribution in [2.45, 2.75) is 26.2 Å².